The minimum absolute atomic E-state index is 0.0768. The average Bonchev–Trinajstić information content (AvgIpc) is 3.05. The number of thiocarbonyl (C=S) groups is 1. The number of amides is 1. The minimum atomic E-state index is -0.512. The Morgan fingerprint density at radius 1 is 1.22 bits per heavy atom. The van der Waals surface area contributed by atoms with Crippen LogP contribution in [0.5, 0.6) is 11.5 Å². The number of carbonyl (C=O) groups excluding carboxylic acids is 2. The Morgan fingerprint density at radius 3 is 2.56 bits per heavy atom. The van der Waals surface area contributed by atoms with E-state index in [-0.39, 0.29) is 24.8 Å². The Kier molecular flexibility index (Phi) is 7.44. The van der Waals surface area contributed by atoms with E-state index in [0.717, 1.165) is 11.8 Å². The van der Waals surface area contributed by atoms with E-state index < -0.39 is 10.9 Å². The topological polar surface area (TPSA) is 108 Å². The smallest absolute Gasteiger partial charge is 0.344 e. The molecule has 3 rings (SSSR count). The molecule has 1 fully saturated rings. The van der Waals surface area contributed by atoms with Crippen molar-refractivity contribution >= 4 is 57.6 Å². The summed E-state index contributed by atoms with van der Waals surface area (Å²) in [5.74, 6) is -0.0889. The van der Waals surface area contributed by atoms with Crippen LogP contribution >= 0.6 is 24.0 Å². The summed E-state index contributed by atoms with van der Waals surface area (Å²) >= 11 is 6.45. The lowest BCUT2D eigenvalue weighted by Gasteiger charge is -2.14. The van der Waals surface area contributed by atoms with E-state index in [1.165, 1.54) is 36.3 Å². The summed E-state index contributed by atoms with van der Waals surface area (Å²) in [6.45, 7) is 1.71. The van der Waals surface area contributed by atoms with Gasteiger partial charge in [0, 0.05) is 12.1 Å². The van der Waals surface area contributed by atoms with Crippen molar-refractivity contribution in [2.75, 3.05) is 25.2 Å². The monoisotopic (exact) mass is 474 g/mol. The summed E-state index contributed by atoms with van der Waals surface area (Å²) in [5, 5.41) is 10.8. The molecule has 0 bridgehead atoms. The van der Waals surface area contributed by atoms with Crippen LogP contribution < -0.4 is 14.4 Å². The van der Waals surface area contributed by atoms with Gasteiger partial charge in [-0.2, -0.15) is 0 Å². The number of nitro benzene ring substituents is 1. The molecule has 0 aliphatic carbocycles. The van der Waals surface area contributed by atoms with Crippen molar-refractivity contribution in [3.05, 3.63) is 63.0 Å². The van der Waals surface area contributed by atoms with Crippen molar-refractivity contribution in [1.29, 1.82) is 0 Å². The third kappa shape index (κ3) is 5.24. The SMILES string of the molecule is CCOC(=O)COc1ccc(/C=C2/SC(=S)N(c3ccc([N+](=O)[O-])cc3)C2=O)cc1OC. The molecule has 1 saturated heterocycles. The molecule has 0 atom stereocenters. The fourth-order valence-electron chi connectivity index (χ4n) is 2.80. The van der Waals surface area contributed by atoms with Gasteiger partial charge in [-0.25, -0.2) is 4.79 Å². The van der Waals surface area contributed by atoms with Crippen molar-refractivity contribution < 1.29 is 28.7 Å². The van der Waals surface area contributed by atoms with Gasteiger partial charge in [0.1, 0.15) is 0 Å². The first-order chi connectivity index (χ1) is 15.3. The van der Waals surface area contributed by atoms with E-state index in [1.807, 2.05) is 0 Å². The van der Waals surface area contributed by atoms with Crippen molar-refractivity contribution in [3.8, 4) is 11.5 Å². The summed E-state index contributed by atoms with van der Waals surface area (Å²) < 4.78 is 15.9. The summed E-state index contributed by atoms with van der Waals surface area (Å²) in [5.41, 5.74) is 1.03. The molecule has 0 N–H and O–H groups in total. The molecule has 32 heavy (non-hydrogen) atoms. The van der Waals surface area contributed by atoms with Gasteiger partial charge < -0.3 is 14.2 Å². The second kappa shape index (κ2) is 10.2. The number of hydrogen-bond acceptors (Lipinski definition) is 9. The van der Waals surface area contributed by atoms with Crippen molar-refractivity contribution in [2.45, 2.75) is 6.92 Å². The highest BCUT2D eigenvalue weighted by atomic mass is 32.2. The Morgan fingerprint density at radius 2 is 1.94 bits per heavy atom. The van der Waals surface area contributed by atoms with Crippen LogP contribution in [0.2, 0.25) is 0 Å². The number of carbonyl (C=O) groups is 2. The number of methoxy groups -OCH3 is 1. The quantitative estimate of drug-likeness (QED) is 0.185. The van der Waals surface area contributed by atoms with Gasteiger partial charge in [0.15, 0.2) is 22.4 Å². The van der Waals surface area contributed by atoms with Gasteiger partial charge in [-0.05, 0) is 42.8 Å². The number of anilines is 1. The number of nitro groups is 1. The van der Waals surface area contributed by atoms with Crippen LogP contribution in [-0.2, 0) is 14.3 Å². The second-order valence-electron chi connectivity index (χ2n) is 6.29. The molecular weight excluding hydrogens is 456 g/mol. The van der Waals surface area contributed by atoms with E-state index in [9.17, 15) is 19.7 Å². The Balaban J connectivity index is 1.79. The number of nitrogens with zero attached hydrogens (tertiary/aromatic N) is 2. The van der Waals surface area contributed by atoms with Gasteiger partial charge in [-0.15, -0.1) is 0 Å². The number of rotatable bonds is 8. The zero-order valence-electron chi connectivity index (χ0n) is 17.1. The van der Waals surface area contributed by atoms with Crippen LogP contribution in [0.4, 0.5) is 11.4 Å². The van der Waals surface area contributed by atoms with Crippen LogP contribution in [0.25, 0.3) is 6.08 Å². The average molecular weight is 475 g/mol. The van der Waals surface area contributed by atoms with E-state index in [2.05, 4.69) is 0 Å². The van der Waals surface area contributed by atoms with Crippen LogP contribution in [0.3, 0.4) is 0 Å². The maximum absolute atomic E-state index is 12.9. The lowest BCUT2D eigenvalue weighted by atomic mass is 10.1. The van der Waals surface area contributed by atoms with Crippen molar-refractivity contribution in [3.63, 3.8) is 0 Å². The minimum Gasteiger partial charge on any atom is -0.493 e. The third-order valence-electron chi connectivity index (χ3n) is 4.25. The van der Waals surface area contributed by atoms with Gasteiger partial charge in [0.2, 0.25) is 0 Å². The maximum atomic E-state index is 12.9. The zero-order chi connectivity index (χ0) is 23.3. The first kappa shape index (κ1) is 23.2. The fraction of sp³-hybridized carbons (Fsp3) is 0.190. The highest BCUT2D eigenvalue weighted by Gasteiger charge is 2.33. The number of thioether (sulfide) groups is 1. The van der Waals surface area contributed by atoms with Crippen LogP contribution in [0.1, 0.15) is 12.5 Å². The van der Waals surface area contributed by atoms with E-state index in [1.54, 1.807) is 31.2 Å². The molecular formula is C21H18N2O7S2. The molecule has 11 heteroatoms. The Labute approximate surface area is 193 Å². The Bertz CT molecular complexity index is 1100. The molecule has 2 aromatic carbocycles. The lowest BCUT2D eigenvalue weighted by Crippen LogP contribution is -2.27. The van der Waals surface area contributed by atoms with E-state index in [0.29, 0.717) is 32.0 Å². The summed E-state index contributed by atoms with van der Waals surface area (Å²) in [4.78, 5) is 36.4. The number of benzene rings is 2. The zero-order valence-corrected chi connectivity index (χ0v) is 18.7. The summed E-state index contributed by atoms with van der Waals surface area (Å²) in [6, 6.07) is 10.6. The van der Waals surface area contributed by atoms with Gasteiger partial charge in [0.25, 0.3) is 11.6 Å². The van der Waals surface area contributed by atoms with Gasteiger partial charge >= 0.3 is 5.97 Å². The predicted molar refractivity (Wildman–Crippen MR) is 124 cm³/mol. The number of hydrogen-bond donors (Lipinski definition) is 0. The molecule has 0 radical (unpaired) electrons. The normalized spacial score (nSPS) is 14.6. The number of esters is 1. The van der Waals surface area contributed by atoms with Gasteiger partial charge in [-0.3, -0.25) is 19.8 Å². The highest BCUT2D eigenvalue weighted by molar-refractivity contribution is 8.27. The van der Waals surface area contributed by atoms with Gasteiger partial charge in [-0.1, -0.05) is 30.0 Å². The molecule has 1 heterocycles. The van der Waals surface area contributed by atoms with Crippen LogP contribution in [0.15, 0.2) is 47.4 Å². The molecule has 1 aliphatic rings. The fourth-order valence-corrected chi connectivity index (χ4v) is 4.10. The molecule has 0 saturated carbocycles. The molecule has 1 amide bonds. The number of ether oxygens (including phenoxy) is 3. The molecule has 2 aromatic rings. The van der Waals surface area contributed by atoms with Crippen LogP contribution in [0, 0.1) is 10.1 Å². The molecule has 0 aromatic heterocycles. The molecule has 166 valence electrons. The van der Waals surface area contributed by atoms with Crippen molar-refractivity contribution in [1.82, 2.24) is 0 Å². The number of non-ortho nitro benzene ring substituents is 1. The Hall–Kier alpha value is -3.44. The predicted octanol–water partition coefficient (Wildman–Crippen LogP) is 3.95. The van der Waals surface area contributed by atoms with E-state index in [4.69, 9.17) is 26.4 Å². The molecule has 0 spiro atoms. The van der Waals surface area contributed by atoms with Crippen LogP contribution in [-0.4, -0.2) is 41.4 Å². The first-order valence-corrected chi connectivity index (χ1v) is 10.6. The van der Waals surface area contributed by atoms with Crippen molar-refractivity contribution in [2.24, 2.45) is 0 Å². The molecule has 9 nitrogen and oxygen atoms in total. The first-order valence-electron chi connectivity index (χ1n) is 9.33. The largest absolute Gasteiger partial charge is 0.493 e. The standard InChI is InChI=1S/C21H18N2O7S2/c1-3-29-19(24)12-30-16-9-4-13(10-17(16)28-2)11-18-20(25)22(21(31)32-18)14-5-7-15(8-6-14)23(26)27/h4-11H,3,12H2,1-2H3/b18-11+. The summed E-state index contributed by atoms with van der Waals surface area (Å²) in [7, 11) is 1.46. The lowest BCUT2D eigenvalue weighted by molar-refractivity contribution is -0.384. The molecule has 0 unspecified atom stereocenters. The maximum Gasteiger partial charge on any atom is 0.344 e. The highest BCUT2D eigenvalue weighted by Crippen LogP contribution is 2.37. The third-order valence-corrected chi connectivity index (χ3v) is 5.55. The molecule has 1 aliphatic heterocycles. The summed E-state index contributed by atoms with van der Waals surface area (Å²) in [6.07, 6.45) is 1.66. The van der Waals surface area contributed by atoms with Gasteiger partial charge in [0.05, 0.1) is 29.2 Å². The van der Waals surface area contributed by atoms with E-state index >= 15 is 0 Å². The second-order valence-corrected chi connectivity index (χ2v) is 7.97.